The molecule has 19 heavy (non-hydrogen) atoms. The maximum Gasteiger partial charge on any atom is 0.252 e. The number of thiophene rings is 2. The zero-order chi connectivity index (χ0) is 14.2. The van der Waals surface area contributed by atoms with Gasteiger partial charge in [0.25, 0.3) is 10.0 Å². The minimum absolute atomic E-state index is 0.369. The first-order chi connectivity index (χ1) is 8.80. The van der Waals surface area contributed by atoms with Crippen LogP contribution < -0.4 is 0 Å². The Morgan fingerprint density at radius 1 is 1.32 bits per heavy atom. The Morgan fingerprint density at radius 3 is 2.47 bits per heavy atom. The van der Waals surface area contributed by atoms with Crippen LogP contribution in [0.5, 0.6) is 0 Å². The van der Waals surface area contributed by atoms with Gasteiger partial charge in [-0.2, -0.15) is 4.31 Å². The summed E-state index contributed by atoms with van der Waals surface area (Å²) in [6.07, 6.45) is 0. The molecule has 0 bridgehead atoms. The Bertz CT molecular complexity index is 671. The van der Waals surface area contributed by atoms with Gasteiger partial charge in [-0.05, 0) is 67.4 Å². The van der Waals surface area contributed by atoms with Gasteiger partial charge in [-0.25, -0.2) is 8.42 Å². The van der Waals surface area contributed by atoms with Crippen LogP contribution in [0.1, 0.15) is 11.1 Å². The summed E-state index contributed by atoms with van der Waals surface area (Å²) in [7, 11) is -1.82. The van der Waals surface area contributed by atoms with Crippen LogP contribution in [0.15, 0.2) is 29.3 Å². The molecule has 0 atom stereocenters. The van der Waals surface area contributed by atoms with E-state index in [1.807, 2.05) is 18.4 Å². The molecule has 0 fully saturated rings. The van der Waals surface area contributed by atoms with Gasteiger partial charge in [0, 0.05) is 13.6 Å². The molecule has 2 aromatic heterocycles. The predicted molar refractivity (Wildman–Crippen MR) is 87.4 cm³/mol. The average Bonchev–Trinajstić information content (AvgIpc) is 2.87. The lowest BCUT2D eigenvalue weighted by atomic mass is 10.3. The van der Waals surface area contributed by atoms with Crippen LogP contribution in [-0.2, 0) is 16.6 Å². The molecule has 0 saturated heterocycles. The second-order valence-corrected chi connectivity index (χ2v) is 11.0. The maximum atomic E-state index is 12.4. The van der Waals surface area contributed by atoms with Crippen LogP contribution in [-0.4, -0.2) is 19.8 Å². The Morgan fingerprint density at radius 2 is 2.00 bits per heavy atom. The van der Waals surface area contributed by atoms with Crippen molar-refractivity contribution < 1.29 is 8.42 Å². The Labute approximate surface area is 137 Å². The first kappa shape index (κ1) is 15.7. The van der Waals surface area contributed by atoms with Crippen molar-refractivity contribution in [1.29, 1.82) is 0 Å². The number of hydrogen-bond acceptors (Lipinski definition) is 4. The summed E-state index contributed by atoms with van der Waals surface area (Å²) in [5, 5.41) is 1.95. The topological polar surface area (TPSA) is 37.4 Å². The minimum Gasteiger partial charge on any atom is -0.206 e. The van der Waals surface area contributed by atoms with E-state index in [-0.39, 0.29) is 0 Å². The SMILES string of the molecule is Cc1cc(S(=O)(=O)N(C)Cc2csc(Br)c2)sc1Br. The lowest BCUT2D eigenvalue weighted by Gasteiger charge is -2.15. The molecule has 0 spiro atoms. The summed E-state index contributed by atoms with van der Waals surface area (Å²) in [6, 6.07) is 3.64. The van der Waals surface area contributed by atoms with E-state index in [1.54, 1.807) is 24.5 Å². The molecular formula is C11H11Br2NO2S3. The standard InChI is InChI=1S/C11H11Br2NO2S3/c1-7-3-10(18-11(7)13)19(15,16)14(2)5-8-4-9(12)17-6-8/h3-4,6H,5H2,1-2H3. The van der Waals surface area contributed by atoms with Gasteiger partial charge in [-0.3, -0.25) is 0 Å². The molecule has 0 N–H and O–H groups in total. The average molecular weight is 445 g/mol. The fourth-order valence-corrected chi connectivity index (χ4v) is 6.28. The first-order valence-corrected chi connectivity index (χ1v) is 9.98. The highest BCUT2D eigenvalue weighted by atomic mass is 79.9. The van der Waals surface area contributed by atoms with Gasteiger partial charge in [0.05, 0.1) is 7.57 Å². The highest BCUT2D eigenvalue weighted by molar-refractivity contribution is 9.11. The van der Waals surface area contributed by atoms with Gasteiger partial charge in [0.15, 0.2) is 0 Å². The van der Waals surface area contributed by atoms with E-state index in [2.05, 4.69) is 31.9 Å². The molecule has 0 amide bonds. The minimum atomic E-state index is -3.42. The quantitative estimate of drug-likeness (QED) is 0.697. The zero-order valence-electron chi connectivity index (χ0n) is 10.2. The molecule has 3 nitrogen and oxygen atoms in total. The van der Waals surface area contributed by atoms with Crippen molar-refractivity contribution in [3.05, 3.63) is 36.2 Å². The molecule has 0 aliphatic heterocycles. The van der Waals surface area contributed by atoms with Crippen LogP contribution in [0.2, 0.25) is 0 Å². The smallest absolute Gasteiger partial charge is 0.206 e. The van der Waals surface area contributed by atoms with Crippen molar-refractivity contribution >= 4 is 64.6 Å². The van der Waals surface area contributed by atoms with Gasteiger partial charge in [0.2, 0.25) is 0 Å². The Hall–Kier alpha value is 0.270. The van der Waals surface area contributed by atoms with Gasteiger partial charge in [0.1, 0.15) is 4.21 Å². The third-order valence-electron chi connectivity index (χ3n) is 2.53. The van der Waals surface area contributed by atoms with E-state index in [9.17, 15) is 8.42 Å². The molecule has 0 radical (unpaired) electrons. The molecule has 2 rings (SSSR count). The monoisotopic (exact) mass is 443 g/mol. The molecule has 104 valence electrons. The summed E-state index contributed by atoms with van der Waals surface area (Å²) < 4.78 is 28.4. The predicted octanol–water partition coefficient (Wildman–Crippen LogP) is 4.46. The second-order valence-electron chi connectivity index (χ2n) is 4.04. The van der Waals surface area contributed by atoms with Crippen LogP contribution in [0, 0.1) is 6.92 Å². The number of nitrogens with zero attached hydrogens (tertiary/aromatic N) is 1. The number of rotatable bonds is 4. The molecule has 0 unspecified atom stereocenters. The lowest BCUT2D eigenvalue weighted by molar-refractivity contribution is 0.469. The summed E-state index contributed by atoms with van der Waals surface area (Å²) in [5.41, 5.74) is 1.92. The fourth-order valence-electron chi connectivity index (χ4n) is 1.48. The highest BCUT2D eigenvalue weighted by Gasteiger charge is 2.24. The van der Waals surface area contributed by atoms with Crippen molar-refractivity contribution in [2.24, 2.45) is 0 Å². The van der Waals surface area contributed by atoms with E-state index in [0.29, 0.717) is 10.8 Å². The summed E-state index contributed by atoms with van der Waals surface area (Å²) in [4.78, 5) is 0. The molecule has 0 saturated carbocycles. The number of aryl methyl sites for hydroxylation is 1. The maximum absolute atomic E-state index is 12.4. The van der Waals surface area contributed by atoms with E-state index < -0.39 is 10.0 Å². The molecule has 8 heteroatoms. The van der Waals surface area contributed by atoms with Crippen molar-refractivity contribution in [2.45, 2.75) is 17.7 Å². The molecular weight excluding hydrogens is 434 g/mol. The van der Waals surface area contributed by atoms with E-state index in [4.69, 9.17) is 0 Å². The van der Waals surface area contributed by atoms with Gasteiger partial charge < -0.3 is 0 Å². The Balaban J connectivity index is 2.24. The third-order valence-corrected chi connectivity index (χ3v) is 8.47. The lowest BCUT2D eigenvalue weighted by Crippen LogP contribution is -2.25. The highest BCUT2D eigenvalue weighted by Crippen LogP contribution is 2.32. The molecule has 0 aliphatic rings. The zero-order valence-corrected chi connectivity index (χ0v) is 15.8. The van der Waals surface area contributed by atoms with Crippen LogP contribution in [0.25, 0.3) is 0 Å². The van der Waals surface area contributed by atoms with Crippen LogP contribution in [0.3, 0.4) is 0 Å². The largest absolute Gasteiger partial charge is 0.252 e. The van der Waals surface area contributed by atoms with Crippen molar-refractivity contribution in [2.75, 3.05) is 7.05 Å². The van der Waals surface area contributed by atoms with Crippen molar-refractivity contribution in [3.8, 4) is 0 Å². The van der Waals surface area contributed by atoms with E-state index >= 15 is 0 Å². The fraction of sp³-hybridized carbons (Fsp3) is 0.273. The third kappa shape index (κ3) is 3.48. The molecule has 0 aromatic carbocycles. The van der Waals surface area contributed by atoms with E-state index in [1.165, 1.54) is 15.6 Å². The van der Waals surface area contributed by atoms with Gasteiger partial charge >= 0.3 is 0 Å². The number of sulfonamides is 1. The molecule has 0 aliphatic carbocycles. The second kappa shape index (κ2) is 5.95. The molecule has 2 aromatic rings. The summed E-state index contributed by atoms with van der Waals surface area (Å²) in [5.74, 6) is 0. The normalized spacial score (nSPS) is 12.3. The summed E-state index contributed by atoms with van der Waals surface area (Å²) in [6.45, 7) is 2.26. The van der Waals surface area contributed by atoms with Crippen molar-refractivity contribution in [3.63, 3.8) is 0 Å². The number of halogens is 2. The number of hydrogen-bond donors (Lipinski definition) is 0. The first-order valence-electron chi connectivity index (χ1n) is 5.26. The van der Waals surface area contributed by atoms with Crippen LogP contribution >= 0.6 is 54.5 Å². The van der Waals surface area contributed by atoms with Crippen LogP contribution in [0.4, 0.5) is 0 Å². The molecule has 2 heterocycles. The van der Waals surface area contributed by atoms with E-state index in [0.717, 1.165) is 18.7 Å². The summed E-state index contributed by atoms with van der Waals surface area (Å²) >= 11 is 9.53. The van der Waals surface area contributed by atoms with Crippen molar-refractivity contribution in [1.82, 2.24) is 4.31 Å². The van der Waals surface area contributed by atoms with Gasteiger partial charge in [-0.15, -0.1) is 22.7 Å². The Kier molecular flexibility index (Phi) is 4.90. The van der Waals surface area contributed by atoms with Gasteiger partial charge in [-0.1, -0.05) is 0 Å².